The third kappa shape index (κ3) is 3.34. The molecular formula is C14H27N5. The Balaban J connectivity index is 2.03. The first kappa shape index (κ1) is 14.5. The monoisotopic (exact) mass is 265 g/mol. The Morgan fingerprint density at radius 1 is 1.47 bits per heavy atom. The molecule has 5 heteroatoms. The number of aromatic nitrogens is 3. The van der Waals surface area contributed by atoms with Crippen molar-refractivity contribution < 1.29 is 0 Å². The second kappa shape index (κ2) is 6.48. The van der Waals surface area contributed by atoms with E-state index >= 15 is 0 Å². The van der Waals surface area contributed by atoms with E-state index in [2.05, 4.69) is 41.1 Å². The van der Waals surface area contributed by atoms with Crippen molar-refractivity contribution in [1.29, 1.82) is 0 Å². The predicted octanol–water partition coefficient (Wildman–Crippen LogP) is 1.41. The van der Waals surface area contributed by atoms with Crippen LogP contribution in [-0.4, -0.2) is 44.8 Å². The minimum atomic E-state index is 0.598. The number of nitrogens with zero attached hydrogens (tertiary/aromatic N) is 4. The predicted molar refractivity (Wildman–Crippen MR) is 76.7 cm³/mol. The van der Waals surface area contributed by atoms with Crippen LogP contribution in [0.4, 0.5) is 0 Å². The summed E-state index contributed by atoms with van der Waals surface area (Å²) in [4.78, 5) is 6.93. The minimum absolute atomic E-state index is 0.598. The molecule has 3 unspecified atom stereocenters. The van der Waals surface area contributed by atoms with Crippen LogP contribution >= 0.6 is 0 Å². The lowest BCUT2D eigenvalue weighted by Crippen LogP contribution is -2.57. The van der Waals surface area contributed by atoms with Crippen molar-refractivity contribution >= 4 is 0 Å². The number of aryl methyl sites for hydroxylation is 1. The van der Waals surface area contributed by atoms with Gasteiger partial charge in [-0.3, -0.25) is 9.58 Å². The minimum Gasteiger partial charge on any atom is -0.311 e. The van der Waals surface area contributed by atoms with E-state index in [0.717, 1.165) is 31.4 Å². The van der Waals surface area contributed by atoms with Gasteiger partial charge in [-0.2, -0.15) is 5.10 Å². The van der Waals surface area contributed by atoms with E-state index in [1.165, 1.54) is 12.8 Å². The van der Waals surface area contributed by atoms with Crippen molar-refractivity contribution in [3.63, 3.8) is 0 Å². The van der Waals surface area contributed by atoms with Gasteiger partial charge in [0.25, 0.3) is 0 Å². The summed E-state index contributed by atoms with van der Waals surface area (Å²) in [6, 6.07) is 1.21. The van der Waals surface area contributed by atoms with Gasteiger partial charge < -0.3 is 5.32 Å². The molecule has 0 radical (unpaired) electrons. The van der Waals surface area contributed by atoms with Crippen LogP contribution in [0.1, 0.15) is 39.4 Å². The van der Waals surface area contributed by atoms with E-state index in [9.17, 15) is 0 Å². The standard InChI is InChI=1S/C14H27N5/c1-5-11(3)13-8-19(12(6-2)7-15-13)9-14-16-10-17-18(14)4/h10-13,15H,5-9H2,1-4H3. The van der Waals surface area contributed by atoms with Gasteiger partial charge in [0.05, 0.1) is 6.54 Å². The topological polar surface area (TPSA) is 46.0 Å². The molecule has 1 aliphatic rings. The molecule has 1 saturated heterocycles. The molecule has 19 heavy (non-hydrogen) atoms. The van der Waals surface area contributed by atoms with Gasteiger partial charge in [0, 0.05) is 32.2 Å². The summed E-state index contributed by atoms with van der Waals surface area (Å²) in [7, 11) is 1.97. The number of piperazine rings is 1. The van der Waals surface area contributed by atoms with Crippen LogP contribution in [0.3, 0.4) is 0 Å². The zero-order valence-electron chi connectivity index (χ0n) is 12.6. The smallest absolute Gasteiger partial charge is 0.140 e. The Morgan fingerprint density at radius 3 is 2.84 bits per heavy atom. The second-order valence-electron chi connectivity index (χ2n) is 5.69. The molecule has 1 aromatic rings. The molecular weight excluding hydrogens is 238 g/mol. The highest BCUT2D eigenvalue weighted by Gasteiger charge is 2.29. The molecule has 0 amide bonds. The Bertz CT molecular complexity index is 389. The van der Waals surface area contributed by atoms with Gasteiger partial charge in [-0.15, -0.1) is 0 Å². The maximum Gasteiger partial charge on any atom is 0.140 e. The Kier molecular flexibility index (Phi) is 4.93. The summed E-state index contributed by atoms with van der Waals surface area (Å²) < 4.78 is 1.88. The molecule has 2 heterocycles. The lowest BCUT2D eigenvalue weighted by atomic mass is 9.95. The molecule has 0 bridgehead atoms. The van der Waals surface area contributed by atoms with Crippen molar-refractivity contribution in [2.45, 2.75) is 52.2 Å². The van der Waals surface area contributed by atoms with Crippen LogP contribution in [0.25, 0.3) is 0 Å². The molecule has 1 N–H and O–H groups in total. The highest BCUT2D eigenvalue weighted by Crippen LogP contribution is 2.18. The van der Waals surface area contributed by atoms with Gasteiger partial charge in [0.2, 0.25) is 0 Å². The molecule has 0 saturated carbocycles. The van der Waals surface area contributed by atoms with Gasteiger partial charge in [-0.25, -0.2) is 4.98 Å². The molecule has 0 aromatic carbocycles. The van der Waals surface area contributed by atoms with E-state index < -0.39 is 0 Å². The molecule has 1 aliphatic heterocycles. The Hall–Kier alpha value is -0.940. The number of hydrogen-bond acceptors (Lipinski definition) is 4. The van der Waals surface area contributed by atoms with E-state index in [-0.39, 0.29) is 0 Å². The Morgan fingerprint density at radius 2 is 2.26 bits per heavy atom. The highest BCUT2D eigenvalue weighted by atomic mass is 15.3. The number of nitrogens with one attached hydrogen (secondary N) is 1. The Labute approximate surface area is 116 Å². The quantitative estimate of drug-likeness (QED) is 0.874. The third-order valence-electron chi connectivity index (χ3n) is 4.52. The normalized spacial score (nSPS) is 26.5. The lowest BCUT2D eigenvalue weighted by Gasteiger charge is -2.41. The number of hydrogen-bond donors (Lipinski definition) is 1. The maximum absolute atomic E-state index is 4.36. The fourth-order valence-corrected chi connectivity index (χ4v) is 2.79. The highest BCUT2D eigenvalue weighted by molar-refractivity contribution is 4.92. The van der Waals surface area contributed by atoms with Crippen molar-refractivity contribution in [1.82, 2.24) is 25.0 Å². The first-order chi connectivity index (χ1) is 9.15. The van der Waals surface area contributed by atoms with Crippen LogP contribution in [-0.2, 0) is 13.6 Å². The summed E-state index contributed by atoms with van der Waals surface area (Å²) >= 11 is 0. The number of rotatable bonds is 5. The molecule has 5 nitrogen and oxygen atoms in total. The fourth-order valence-electron chi connectivity index (χ4n) is 2.79. The average molecular weight is 265 g/mol. The van der Waals surface area contributed by atoms with Crippen LogP contribution in [0.2, 0.25) is 0 Å². The van der Waals surface area contributed by atoms with E-state index in [1.807, 2.05) is 11.7 Å². The molecule has 2 rings (SSSR count). The van der Waals surface area contributed by atoms with Crippen LogP contribution in [0.5, 0.6) is 0 Å². The summed E-state index contributed by atoms with van der Waals surface area (Å²) in [6.45, 7) is 9.97. The van der Waals surface area contributed by atoms with Crippen LogP contribution in [0.15, 0.2) is 6.33 Å². The zero-order valence-corrected chi connectivity index (χ0v) is 12.6. The first-order valence-electron chi connectivity index (χ1n) is 7.46. The summed E-state index contributed by atoms with van der Waals surface area (Å²) in [5, 5.41) is 7.88. The molecule has 1 fully saturated rings. The zero-order chi connectivity index (χ0) is 13.8. The molecule has 1 aromatic heterocycles. The largest absolute Gasteiger partial charge is 0.311 e. The van der Waals surface area contributed by atoms with Gasteiger partial charge in [0.1, 0.15) is 12.2 Å². The third-order valence-corrected chi connectivity index (χ3v) is 4.52. The van der Waals surface area contributed by atoms with E-state index in [4.69, 9.17) is 0 Å². The van der Waals surface area contributed by atoms with Crippen molar-refractivity contribution in [3.05, 3.63) is 12.2 Å². The average Bonchev–Trinajstić information content (AvgIpc) is 2.83. The van der Waals surface area contributed by atoms with Crippen LogP contribution in [0, 0.1) is 5.92 Å². The molecule has 3 atom stereocenters. The fraction of sp³-hybridized carbons (Fsp3) is 0.857. The molecule has 0 spiro atoms. The SMILES string of the molecule is CCC(C)C1CN(Cc2ncnn2C)C(CC)CN1. The van der Waals surface area contributed by atoms with E-state index in [1.54, 1.807) is 6.33 Å². The van der Waals surface area contributed by atoms with Crippen molar-refractivity contribution in [2.75, 3.05) is 13.1 Å². The molecule has 108 valence electrons. The first-order valence-corrected chi connectivity index (χ1v) is 7.46. The van der Waals surface area contributed by atoms with Crippen LogP contribution < -0.4 is 5.32 Å². The van der Waals surface area contributed by atoms with Crippen molar-refractivity contribution in [3.8, 4) is 0 Å². The second-order valence-corrected chi connectivity index (χ2v) is 5.69. The maximum atomic E-state index is 4.36. The van der Waals surface area contributed by atoms with Crippen molar-refractivity contribution in [2.24, 2.45) is 13.0 Å². The van der Waals surface area contributed by atoms with Gasteiger partial charge in [-0.05, 0) is 12.3 Å². The van der Waals surface area contributed by atoms with Gasteiger partial charge in [0.15, 0.2) is 0 Å². The van der Waals surface area contributed by atoms with Gasteiger partial charge in [-0.1, -0.05) is 27.2 Å². The lowest BCUT2D eigenvalue weighted by molar-refractivity contribution is 0.0956. The summed E-state index contributed by atoms with van der Waals surface area (Å²) in [5.41, 5.74) is 0. The molecule has 0 aliphatic carbocycles. The van der Waals surface area contributed by atoms with Gasteiger partial charge >= 0.3 is 0 Å². The van der Waals surface area contributed by atoms with E-state index in [0.29, 0.717) is 12.1 Å². The summed E-state index contributed by atoms with van der Waals surface area (Å²) in [6.07, 6.45) is 4.05. The summed E-state index contributed by atoms with van der Waals surface area (Å²) in [5.74, 6) is 1.78.